The zero-order chi connectivity index (χ0) is 25.3. The Hall–Kier alpha value is -1.52. The lowest BCUT2D eigenvalue weighted by Gasteiger charge is -2.22. The van der Waals surface area contributed by atoms with Crippen LogP contribution in [-0.4, -0.2) is 100 Å². The van der Waals surface area contributed by atoms with Gasteiger partial charge in [-0.25, -0.2) is 4.98 Å². The molecule has 2 fully saturated rings. The van der Waals surface area contributed by atoms with Crippen LogP contribution in [0.4, 0.5) is 0 Å². The Kier molecular flexibility index (Phi) is 6.32. The van der Waals surface area contributed by atoms with Crippen molar-refractivity contribution in [2.75, 3.05) is 19.1 Å². The van der Waals surface area contributed by atoms with Crippen LogP contribution in [0.3, 0.4) is 0 Å². The quantitative estimate of drug-likeness (QED) is 0.179. The van der Waals surface area contributed by atoms with Gasteiger partial charge in [0.25, 0.3) is 0 Å². The van der Waals surface area contributed by atoms with Crippen molar-refractivity contribution in [3.63, 3.8) is 0 Å². The third-order valence-electron chi connectivity index (χ3n) is 6.17. The summed E-state index contributed by atoms with van der Waals surface area (Å²) in [4.78, 5) is 24.3. The first-order chi connectivity index (χ1) is 16.4. The molecule has 0 radical (unpaired) electrons. The zero-order valence-electron chi connectivity index (χ0n) is 17.8. The molecule has 16 nitrogen and oxygen atoms in total. The molecule has 2 unspecified atom stereocenters. The molecule has 0 aliphatic carbocycles. The standard InChI is InChI=1S/C17H24N4O12P2/c18-15-10-7-1-2-20(15)16-13(24)11(22)8(32-16)3-30-34(26,27)6-35(28,29)31-4-9-12(23)14(25)17(33-9)21(7)5-19-10/h1-2,5,8-9,11-14,16-18,22-25H,3-4,6H2,(H,26,27)(H,28,29)/t8-,9+,11-,12+,13-,14+,16-,17+/m0/s1. The maximum Gasteiger partial charge on any atom is 0.340 e. The highest BCUT2D eigenvalue weighted by Gasteiger charge is 2.48. The van der Waals surface area contributed by atoms with E-state index in [0.29, 0.717) is 5.52 Å². The number of aliphatic hydroxyl groups is 4. The molecular formula is C17H24N4O12P2. The maximum absolute atomic E-state index is 12.4. The average Bonchev–Trinajstić information content (AvgIpc) is 3.41. The highest BCUT2D eigenvalue weighted by molar-refractivity contribution is 7.70. The highest BCUT2D eigenvalue weighted by Crippen LogP contribution is 2.58. The first-order valence-corrected chi connectivity index (χ1v) is 14.0. The number of rotatable bonds is 0. The van der Waals surface area contributed by atoms with Gasteiger partial charge in [0.2, 0.25) is 0 Å². The van der Waals surface area contributed by atoms with Gasteiger partial charge in [0.15, 0.2) is 23.8 Å². The molecule has 2 saturated heterocycles. The lowest BCUT2D eigenvalue weighted by atomic mass is 10.1. The van der Waals surface area contributed by atoms with Gasteiger partial charge in [-0.1, -0.05) is 0 Å². The summed E-state index contributed by atoms with van der Waals surface area (Å²) in [6, 6.07) is 1.49. The molecule has 10 atom stereocenters. The number of hydrogen-bond acceptors (Lipinski definition) is 12. The normalized spacial score (nSPS) is 44.6. The van der Waals surface area contributed by atoms with Crippen LogP contribution in [0.5, 0.6) is 0 Å². The summed E-state index contributed by atoms with van der Waals surface area (Å²) in [5.41, 5.74) is 0.220. The molecule has 0 amide bonds. The number of hydrogen-bond donors (Lipinski definition) is 7. The van der Waals surface area contributed by atoms with Gasteiger partial charge < -0.3 is 57.9 Å². The fourth-order valence-electron chi connectivity index (χ4n) is 4.36. The van der Waals surface area contributed by atoms with Gasteiger partial charge in [-0.2, -0.15) is 0 Å². The fourth-order valence-corrected chi connectivity index (χ4v) is 7.58. The first-order valence-electron chi connectivity index (χ1n) is 10.5. The van der Waals surface area contributed by atoms with Gasteiger partial charge in [-0.05, 0) is 6.07 Å². The number of fused-ring (bicyclic) bond motifs is 7. The summed E-state index contributed by atoms with van der Waals surface area (Å²) in [7, 11) is -9.49. The van der Waals surface area contributed by atoms with Crippen molar-refractivity contribution in [2.45, 2.75) is 49.1 Å². The van der Waals surface area contributed by atoms with E-state index < -0.39 is 83.4 Å². The molecule has 4 aliphatic rings. The number of aromatic nitrogens is 3. The number of imidazole rings is 1. The minimum atomic E-state index is -4.75. The number of ether oxygens (including phenoxy) is 2. The number of nitrogens with zero attached hydrogens (tertiary/aromatic N) is 3. The third kappa shape index (κ3) is 4.44. The maximum atomic E-state index is 12.4. The van der Waals surface area contributed by atoms with Crippen molar-refractivity contribution in [3.8, 4) is 0 Å². The summed E-state index contributed by atoms with van der Waals surface area (Å²) in [5.74, 6) is -1.31. The molecule has 35 heavy (non-hydrogen) atoms. The number of pyridine rings is 1. The van der Waals surface area contributed by atoms with E-state index in [1.807, 2.05) is 0 Å². The van der Waals surface area contributed by atoms with E-state index in [2.05, 4.69) is 4.98 Å². The van der Waals surface area contributed by atoms with Crippen LogP contribution in [0.2, 0.25) is 0 Å². The summed E-state index contributed by atoms with van der Waals surface area (Å²) in [6.45, 7) is -1.41. The van der Waals surface area contributed by atoms with E-state index in [-0.39, 0.29) is 11.0 Å². The number of aliphatic hydroxyl groups excluding tert-OH is 4. The van der Waals surface area contributed by atoms with E-state index in [0.717, 1.165) is 0 Å². The second kappa shape index (κ2) is 8.80. The Bertz CT molecular complexity index is 1280. The topological polar surface area (TPSA) is 239 Å². The molecule has 0 aromatic carbocycles. The third-order valence-corrected chi connectivity index (χ3v) is 10.1. The molecule has 6 heterocycles. The predicted molar refractivity (Wildman–Crippen MR) is 112 cm³/mol. The minimum absolute atomic E-state index is 0.114. The van der Waals surface area contributed by atoms with Crippen molar-refractivity contribution in [2.24, 2.45) is 0 Å². The highest BCUT2D eigenvalue weighted by atomic mass is 31.2. The Morgan fingerprint density at radius 3 is 1.94 bits per heavy atom. The van der Waals surface area contributed by atoms with Gasteiger partial charge in [0.1, 0.15) is 42.1 Å². The second-order valence-corrected chi connectivity index (χ2v) is 12.8. The lowest BCUT2D eigenvalue weighted by molar-refractivity contribution is -0.0526. The molecule has 4 aliphatic heterocycles. The smallest absolute Gasteiger partial charge is 0.340 e. The van der Waals surface area contributed by atoms with E-state index in [1.54, 1.807) is 0 Å². The lowest BCUT2D eigenvalue weighted by Crippen LogP contribution is -2.35. The average molecular weight is 538 g/mol. The van der Waals surface area contributed by atoms with Crippen LogP contribution >= 0.6 is 15.2 Å². The molecule has 0 saturated carbocycles. The summed E-state index contributed by atoms with van der Waals surface area (Å²) in [5, 5.41) is 50.3. The summed E-state index contributed by atoms with van der Waals surface area (Å²) < 4.78 is 48.3. The van der Waals surface area contributed by atoms with Crippen molar-refractivity contribution >= 4 is 26.2 Å². The van der Waals surface area contributed by atoms with Gasteiger partial charge in [0, 0.05) is 6.20 Å². The molecular weight excluding hydrogens is 514 g/mol. The van der Waals surface area contributed by atoms with Gasteiger partial charge >= 0.3 is 15.2 Å². The molecule has 7 N–H and O–H groups in total. The van der Waals surface area contributed by atoms with Crippen LogP contribution in [-0.2, 0) is 27.7 Å². The van der Waals surface area contributed by atoms with Crippen LogP contribution in [0.1, 0.15) is 12.5 Å². The molecule has 194 valence electrons. The summed E-state index contributed by atoms with van der Waals surface area (Å²) >= 11 is 0. The minimum Gasteiger partial charge on any atom is -0.387 e. The van der Waals surface area contributed by atoms with Crippen LogP contribution in [0, 0.1) is 5.41 Å². The molecule has 8 bridgehead atoms. The number of nitrogens with one attached hydrogen (secondary N) is 1. The van der Waals surface area contributed by atoms with Crippen molar-refractivity contribution < 1.29 is 57.9 Å². The Labute approximate surface area is 196 Å². The van der Waals surface area contributed by atoms with Crippen LogP contribution in [0.25, 0.3) is 11.0 Å². The Morgan fingerprint density at radius 2 is 1.40 bits per heavy atom. The first kappa shape index (κ1) is 25.1. The molecule has 2 aromatic heterocycles. The predicted octanol–water partition coefficient (Wildman–Crippen LogP) is -2.07. The van der Waals surface area contributed by atoms with E-state index >= 15 is 0 Å². The largest absolute Gasteiger partial charge is 0.387 e. The van der Waals surface area contributed by atoms with E-state index in [9.17, 15) is 39.3 Å². The Balaban J connectivity index is 1.58. The summed E-state index contributed by atoms with van der Waals surface area (Å²) in [6.07, 6.45) is -8.60. The van der Waals surface area contributed by atoms with E-state index in [4.69, 9.17) is 23.9 Å². The molecule has 2 aromatic rings. The van der Waals surface area contributed by atoms with Crippen molar-refractivity contribution in [1.29, 1.82) is 5.41 Å². The zero-order valence-corrected chi connectivity index (χ0v) is 19.6. The molecule has 6 rings (SSSR count). The van der Waals surface area contributed by atoms with Crippen LogP contribution in [0.15, 0.2) is 18.6 Å². The Morgan fingerprint density at radius 1 is 0.886 bits per heavy atom. The van der Waals surface area contributed by atoms with Gasteiger partial charge in [-0.3, -0.25) is 14.5 Å². The van der Waals surface area contributed by atoms with E-state index in [1.165, 1.54) is 27.7 Å². The fraction of sp³-hybridized carbons (Fsp3) is 0.647. The van der Waals surface area contributed by atoms with Crippen molar-refractivity contribution in [1.82, 2.24) is 14.1 Å². The van der Waals surface area contributed by atoms with Crippen molar-refractivity contribution in [3.05, 3.63) is 24.1 Å². The molecule has 0 spiro atoms. The second-order valence-electron chi connectivity index (χ2n) is 8.56. The SMILES string of the molecule is N=c1c2ncn3c2ccn1[C@H]1O[C@@H](COP(=O)(O)CP(=O)(O)OC[C@H]2O[C@@H]3[C@H](O)[C@@H]2O)[C@H](O)[C@@H]1O. The van der Waals surface area contributed by atoms with Gasteiger partial charge in [0.05, 0.1) is 25.1 Å². The monoisotopic (exact) mass is 538 g/mol. The van der Waals surface area contributed by atoms with Crippen LogP contribution < -0.4 is 5.49 Å². The van der Waals surface area contributed by atoms with Gasteiger partial charge in [-0.15, -0.1) is 0 Å². The molecule has 18 heteroatoms.